The molecule has 5 heteroatoms. The molecular weight excluding hydrogens is 253 g/mol. The lowest BCUT2D eigenvalue weighted by Crippen LogP contribution is -2.14. The molecule has 0 heterocycles. The Morgan fingerprint density at radius 3 is 2.94 bits per heavy atom. The summed E-state index contributed by atoms with van der Waals surface area (Å²) in [5, 5.41) is 8.70. The van der Waals surface area contributed by atoms with E-state index in [1.807, 2.05) is 0 Å². The van der Waals surface area contributed by atoms with Gasteiger partial charge in [-0.25, -0.2) is 4.39 Å². The summed E-state index contributed by atoms with van der Waals surface area (Å²) in [6.07, 6.45) is 0. The van der Waals surface area contributed by atoms with Gasteiger partial charge in [-0.1, -0.05) is 19.1 Å². The van der Waals surface area contributed by atoms with Gasteiger partial charge in [0.05, 0.1) is 18.6 Å². The topological polar surface area (TPSA) is 50.1 Å². The van der Waals surface area contributed by atoms with Gasteiger partial charge < -0.3 is 4.74 Å². The van der Waals surface area contributed by atoms with Gasteiger partial charge in [0.25, 0.3) is 0 Å². The summed E-state index contributed by atoms with van der Waals surface area (Å²) in [6.45, 7) is 1.76. The molecule has 96 valence electrons. The predicted octanol–water partition coefficient (Wildman–Crippen LogP) is 2.74. The summed E-state index contributed by atoms with van der Waals surface area (Å²) < 4.78 is 18.3. The van der Waals surface area contributed by atoms with Gasteiger partial charge >= 0.3 is 5.97 Å². The maximum Gasteiger partial charge on any atom is 0.309 e. The minimum atomic E-state index is -0.474. The highest BCUT2D eigenvalue weighted by molar-refractivity contribution is 7.98. The number of thioether (sulfide) groups is 1. The molecule has 0 aliphatic carbocycles. The fourth-order valence-corrected chi connectivity index (χ4v) is 2.44. The molecule has 1 rings (SSSR count). The third kappa shape index (κ3) is 3.74. The summed E-state index contributed by atoms with van der Waals surface area (Å²) in [5.41, 5.74) is 0.533. The van der Waals surface area contributed by atoms with Gasteiger partial charge in [0.2, 0.25) is 0 Å². The van der Waals surface area contributed by atoms with Crippen LogP contribution >= 0.6 is 11.8 Å². The zero-order valence-corrected chi connectivity index (χ0v) is 11.1. The number of nitrogens with zero attached hydrogens (tertiary/aromatic N) is 1. The number of hydrogen-bond donors (Lipinski definition) is 0. The van der Waals surface area contributed by atoms with Crippen LogP contribution in [0.15, 0.2) is 18.2 Å². The quantitative estimate of drug-likeness (QED) is 0.770. The van der Waals surface area contributed by atoms with Crippen molar-refractivity contribution in [2.24, 2.45) is 5.92 Å². The minimum Gasteiger partial charge on any atom is -0.469 e. The second kappa shape index (κ2) is 7.02. The summed E-state index contributed by atoms with van der Waals surface area (Å²) in [7, 11) is 1.35. The lowest BCUT2D eigenvalue weighted by molar-refractivity contribution is -0.143. The van der Waals surface area contributed by atoms with E-state index in [4.69, 9.17) is 5.26 Å². The standard InChI is InChI=1S/C13H14FNO2S/c1-9(13(16)17-2)7-18-8-11-5-3-4-10(6-15)12(11)14/h3-5,9H,7-8H2,1-2H3. The second-order valence-corrected chi connectivity index (χ2v) is 4.86. The van der Waals surface area contributed by atoms with Gasteiger partial charge in [-0.2, -0.15) is 17.0 Å². The first-order valence-corrected chi connectivity index (χ1v) is 6.58. The highest BCUT2D eigenvalue weighted by atomic mass is 32.2. The lowest BCUT2D eigenvalue weighted by atomic mass is 10.1. The molecule has 0 aliphatic rings. The molecule has 18 heavy (non-hydrogen) atoms. The van der Waals surface area contributed by atoms with Gasteiger partial charge in [-0.05, 0) is 11.6 Å². The van der Waals surface area contributed by atoms with Crippen molar-refractivity contribution in [2.45, 2.75) is 12.7 Å². The van der Waals surface area contributed by atoms with Gasteiger partial charge in [0.1, 0.15) is 11.9 Å². The Morgan fingerprint density at radius 1 is 1.61 bits per heavy atom. The molecule has 0 radical (unpaired) electrons. The first kappa shape index (κ1) is 14.5. The Morgan fingerprint density at radius 2 is 2.33 bits per heavy atom. The molecule has 1 unspecified atom stereocenters. The summed E-state index contributed by atoms with van der Waals surface area (Å²) in [6, 6.07) is 6.55. The molecule has 0 aromatic heterocycles. The largest absolute Gasteiger partial charge is 0.469 e. The minimum absolute atomic E-state index is 0.0501. The molecule has 1 aromatic carbocycles. The SMILES string of the molecule is COC(=O)C(C)CSCc1cccc(C#N)c1F. The molecule has 0 saturated carbocycles. The number of halogens is 1. The van der Waals surface area contributed by atoms with Crippen LogP contribution in [0.5, 0.6) is 0 Å². The molecule has 0 N–H and O–H groups in total. The third-order valence-corrected chi connectivity index (χ3v) is 3.68. The molecular formula is C13H14FNO2S. The zero-order valence-electron chi connectivity index (χ0n) is 10.3. The molecule has 1 aromatic rings. The van der Waals surface area contributed by atoms with Crippen molar-refractivity contribution in [3.05, 3.63) is 35.1 Å². The number of carbonyl (C=O) groups excluding carboxylic acids is 1. The van der Waals surface area contributed by atoms with Gasteiger partial charge in [-0.15, -0.1) is 0 Å². The number of methoxy groups -OCH3 is 1. The second-order valence-electron chi connectivity index (χ2n) is 3.83. The van der Waals surface area contributed by atoms with Crippen LogP contribution in [0.3, 0.4) is 0 Å². The van der Waals surface area contributed by atoms with Crippen molar-refractivity contribution in [3.8, 4) is 6.07 Å². The van der Waals surface area contributed by atoms with Crippen LogP contribution in [0.25, 0.3) is 0 Å². The maximum atomic E-state index is 13.7. The molecule has 1 atom stereocenters. The van der Waals surface area contributed by atoms with Gasteiger partial charge in [-0.3, -0.25) is 4.79 Å². The number of carbonyl (C=O) groups is 1. The number of esters is 1. The van der Waals surface area contributed by atoms with Crippen molar-refractivity contribution in [1.82, 2.24) is 0 Å². The number of hydrogen-bond acceptors (Lipinski definition) is 4. The number of rotatable bonds is 5. The van der Waals surface area contributed by atoms with Crippen LogP contribution in [-0.4, -0.2) is 18.8 Å². The van der Waals surface area contributed by atoms with Crippen LogP contribution in [-0.2, 0) is 15.3 Å². The zero-order chi connectivity index (χ0) is 13.5. The first-order chi connectivity index (χ1) is 8.60. The molecule has 0 fully saturated rings. The fraction of sp³-hybridized carbons (Fsp3) is 0.385. The van der Waals surface area contributed by atoms with E-state index in [0.717, 1.165) is 0 Å². The van der Waals surface area contributed by atoms with E-state index in [9.17, 15) is 9.18 Å². The van der Waals surface area contributed by atoms with Gasteiger partial charge in [0.15, 0.2) is 0 Å². The van der Waals surface area contributed by atoms with E-state index in [0.29, 0.717) is 17.1 Å². The van der Waals surface area contributed by atoms with Crippen LogP contribution in [0.1, 0.15) is 18.1 Å². The van der Waals surface area contributed by atoms with E-state index in [1.54, 1.807) is 25.1 Å². The molecule has 0 aliphatic heterocycles. The van der Waals surface area contributed by atoms with Crippen molar-refractivity contribution in [2.75, 3.05) is 12.9 Å². The smallest absolute Gasteiger partial charge is 0.309 e. The van der Waals surface area contributed by atoms with Crippen LogP contribution in [0.2, 0.25) is 0 Å². The number of benzene rings is 1. The van der Waals surface area contributed by atoms with E-state index < -0.39 is 5.82 Å². The molecule has 3 nitrogen and oxygen atoms in total. The van der Waals surface area contributed by atoms with E-state index in [-0.39, 0.29) is 17.5 Å². The van der Waals surface area contributed by atoms with Crippen LogP contribution < -0.4 is 0 Å². The lowest BCUT2D eigenvalue weighted by Gasteiger charge is -2.09. The van der Waals surface area contributed by atoms with Gasteiger partial charge in [0, 0.05) is 11.5 Å². The van der Waals surface area contributed by atoms with Crippen molar-refractivity contribution in [3.63, 3.8) is 0 Å². The predicted molar refractivity (Wildman–Crippen MR) is 68.5 cm³/mol. The summed E-state index contributed by atoms with van der Waals surface area (Å²) >= 11 is 1.44. The fourth-order valence-electron chi connectivity index (χ4n) is 1.39. The monoisotopic (exact) mass is 267 g/mol. The molecule has 0 amide bonds. The summed E-state index contributed by atoms with van der Waals surface area (Å²) in [5.74, 6) is 0.0279. The van der Waals surface area contributed by atoms with E-state index in [2.05, 4.69) is 4.74 Å². The average molecular weight is 267 g/mol. The Hall–Kier alpha value is -1.54. The highest BCUT2D eigenvalue weighted by Gasteiger charge is 2.14. The highest BCUT2D eigenvalue weighted by Crippen LogP contribution is 2.20. The Bertz CT molecular complexity index is 471. The summed E-state index contributed by atoms with van der Waals surface area (Å²) in [4.78, 5) is 11.2. The Labute approximate surface area is 110 Å². The number of nitriles is 1. The van der Waals surface area contributed by atoms with E-state index >= 15 is 0 Å². The van der Waals surface area contributed by atoms with Crippen molar-refractivity contribution >= 4 is 17.7 Å². The van der Waals surface area contributed by atoms with Crippen molar-refractivity contribution in [1.29, 1.82) is 5.26 Å². The molecule has 0 bridgehead atoms. The normalized spacial score (nSPS) is 11.7. The average Bonchev–Trinajstić information content (AvgIpc) is 2.39. The number of ether oxygens (including phenoxy) is 1. The van der Waals surface area contributed by atoms with Crippen molar-refractivity contribution < 1.29 is 13.9 Å². The van der Waals surface area contributed by atoms with Crippen LogP contribution in [0.4, 0.5) is 4.39 Å². The molecule has 0 saturated heterocycles. The third-order valence-electron chi connectivity index (χ3n) is 2.43. The Balaban J connectivity index is 2.55. The van der Waals surface area contributed by atoms with E-state index in [1.165, 1.54) is 24.9 Å². The van der Waals surface area contributed by atoms with Crippen LogP contribution in [0, 0.1) is 23.1 Å². The maximum absolute atomic E-state index is 13.7. The molecule has 0 spiro atoms. The first-order valence-electron chi connectivity index (χ1n) is 5.43. The Kier molecular flexibility index (Phi) is 5.66.